The molecule has 0 atom stereocenters. The molecule has 0 unspecified atom stereocenters. The summed E-state index contributed by atoms with van der Waals surface area (Å²) < 4.78 is 53.1. The molecule has 1 heterocycles. The number of anilines is 1. The van der Waals surface area contributed by atoms with Gasteiger partial charge in [-0.15, -0.1) is 0 Å². The maximum Gasteiger partial charge on any atom is 0.306 e. The molecule has 0 saturated carbocycles. The van der Waals surface area contributed by atoms with E-state index in [9.17, 15) is 21.6 Å². The first-order valence-corrected chi connectivity index (χ1v) is 11.4. The third kappa shape index (κ3) is 6.13. The lowest BCUT2D eigenvalue weighted by atomic mass is 10.1. The second-order valence-electron chi connectivity index (χ2n) is 5.13. The standard InChI is InChI=1S/C14H12N4O6S3/c1-26(20,21)14-17-13(25-18-14)16-12(19)10(8-15)7-9-3-5-11(6-4-9)24-27(2,22)23/h3-7H,1-2H3,(H,16,17,18,19)/b10-7-. The lowest BCUT2D eigenvalue weighted by Crippen LogP contribution is -2.13. The van der Waals surface area contributed by atoms with Gasteiger partial charge in [0.15, 0.2) is 0 Å². The van der Waals surface area contributed by atoms with E-state index in [2.05, 4.69) is 18.9 Å². The molecule has 0 aliphatic heterocycles. The molecule has 27 heavy (non-hydrogen) atoms. The SMILES string of the molecule is CS(=O)(=O)Oc1ccc(/C=C(/C#N)C(=O)Nc2nc(S(C)(=O)=O)ns2)cc1. The van der Waals surface area contributed by atoms with Gasteiger partial charge in [0, 0.05) is 17.8 Å². The normalized spacial score (nSPS) is 12.3. The Morgan fingerprint density at radius 1 is 1.22 bits per heavy atom. The van der Waals surface area contributed by atoms with Crippen molar-refractivity contribution in [2.45, 2.75) is 5.16 Å². The largest absolute Gasteiger partial charge is 0.383 e. The first kappa shape index (κ1) is 20.5. The molecule has 13 heteroatoms. The van der Waals surface area contributed by atoms with Crippen molar-refractivity contribution >= 4 is 48.6 Å². The summed E-state index contributed by atoms with van der Waals surface area (Å²) in [6.45, 7) is 0. The van der Waals surface area contributed by atoms with E-state index < -0.39 is 31.0 Å². The fourth-order valence-electron chi connectivity index (χ4n) is 1.69. The maximum atomic E-state index is 12.1. The van der Waals surface area contributed by atoms with Crippen molar-refractivity contribution in [1.29, 1.82) is 5.26 Å². The number of nitrogens with zero attached hydrogens (tertiary/aromatic N) is 3. The van der Waals surface area contributed by atoms with Crippen LogP contribution in [-0.4, -0.2) is 44.6 Å². The summed E-state index contributed by atoms with van der Waals surface area (Å²) in [5, 5.41) is 11.0. The first-order chi connectivity index (χ1) is 12.5. The number of amides is 1. The van der Waals surface area contributed by atoms with Gasteiger partial charge in [-0.2, -0.15) is 23.0 Å². The summed E-state index contributed by atoms with van der Waals surface area (Å²) in [5.41, 5.74) is 0.166. The van der Waals surface area contributed by atoms with Crippen molar-refractivity contribution in [2.75, 3.05) is 17.8 Å². The smallest absolute Gasteiger partial charge is 0.306 e. The molecule has 2 aromatic rings. The van der Waals surface area contributed by atoms with Crippen LogP contribution in [0.25, 0.3) is 6.08 Å². The Labute approximate surface area is 159 Å². The van der Waals surface area contributed by atoms with Crippen LogP contribution in [0.15, 0.2) is 35.0 Å². The number of hydrogen-bond donors (Lipinski definition) is 1. The van der Waals surface area contributed by atoms with Crippen LogP contribution >= 0.6 is 11.5 Å². The van der Waals surface area contributed by atoms with Gasteiger partial charge in [0.2, 0.25) is 15.0 Å². The maximum absolute atomic E-state index is 12.1. The van der Waals surface area contributed by atoms with Crippen LogP contribution in [0, 0.1) is 11.3 Å². The Bertz CT molecular complexity index is 1140. The topological polar surface area (TPSA) is 156 Å². The highest BCUT2D eigenvalue weighted by Crippen LogP contribution is 2.18. The van der Waals surface area contributed by atoms with Gasteiger partial charge in [0.1, 0.15) is 17.4 Å². The molecule has 2 rings (SSSR count). The number of nitriles is 1. The predicted molar refractivity (Wildman–Crippen MR) is 97.2 cm³/mol. The number of aromatic nitrogens is 2. The summed E-state index contributed by atoms with van der Waals surface area (Å²) >= 11 is 0.664. The van der Waals surface area contributed by atoms with Crippen LogP contribution in [0.2, 0.25) is 0 Å². The molecule has 1 N–H and O–H groups in total. The van der Waals surface area contributed by atoms with Crippen LogP contribution in [0.5, 0.6) is 5.75 Å². The molecule has 0 bridgehead atoms. The van der Waals surface area contributed by atoms with E-state index >= 15 is 0 Å². The summed E-state index contributed by atoms with van der Waals surface area (Å²) in [4.78, 5) is 15.8. The van der Waals surface area contributed by atoms with E-state index in [1.165, 1.54) is 30.3 Å². The zero-order valence-corrected chi connectivity index (χ0v) is 16.4. The predicted octanol–water partition coefficient (Wildman–Crippen LogP) is 0.826. The number of carbonyl (C=O) groups excluding carboxylic acids is 1. The number of sulfone groups is 1. The van der Waals surface area contributed by atoms with Crippen molar-refractivity contribution in [2.24, 2.45) is 0 Å². The highest BCUT2D eigenvalue weighted by Gasteiger charge is 2.17. The second-order valence-corrected chi connectivity index (χ2v) is 9.37. The van der Waals surface area contributed by atoms with Gasteiger partial charge in [0.25, 0.3) is 11.1 Å². The third-order valence-electron chi connectivity index (χ3n) is 2.76. The van der Waals surface area contributed by atoms with Crippen molar-refractivity contribution < 1.29 is 25.8 Å². The minimum Gasteiger partial charge on any atom is -0.383 e. The lowest BCUT2D eigenvalue weighted by molar-refractivity contribution is -0.112. The quantitative estimate of drug-likeness (QED) is 0.400. The average Bonchev–Trinajstić information content (AvgIpc) is 3.01. The van der Waals surface area contributed by atoms with E-state index in [0.717, 1.165) is 12.5 Å². The van der Waals surface area contributed by atoms with Crippen molar-refractivity contribution in [1.82, 2.24) is 9.36 Å². The number of nitrogens with one attached hydrogen (secondary N) is 1. The van der Waals surface area contributed by atoms with Crippen LogP contribution in [-0.2, 0) is 24.7 Å². The third-order valence-corrected chi connectivity index (χ3v) is 4.85. The highest BCUT2D eigenvalue weighted by atomic mass is 32.2. The Balaban J connectivity index is 2.17. The minimum atomic E-state index is -3.66. The van der Waals surface area contributed by atoms with Crippen LogP contribution in [0.1, 0.15) is 5.56 Å². The summed E-state index contributed by atoms with van der Waals surface area (Å²) in [6, 6.07) is 7.36. The molecule has 1 aromatic heterocycles. The fourth-order valence-corrected chi connectivity index (χ4v) is 3.59. The van der Waals surface area contributed by atoms with E-state index in [0.29, 0.717) is 17.1 Å². The van der Waals surface area contributed by atoms with Crippen molar-refractivity contribution in [3.05, 3.63) is 35.4 Å². The van der Waals surface area contributed by atoms with Crippen molar-refractivity contribution in [3.63, 3.8) is 0 Å². The van der Waals surface area contributed by atoms with E-state index in [-0.39, 0.29) is 16.5 Å². The number of hydrogen-bond acceptors (Lipinski definition) is 10. The number of benzene rings is 1. The first-order valence-electron chi connectivity index (χ1n) is 6.94. The van der Waals surface area contributed by atoms with E-state index in [1.807, 2.05) is 0 Å². The molecule has 0 aliphatic carbocycles. The van der Waals surface area contributed by atoms with Gasteiger partial charge >= 0.3 is 10.1 Å². The van der Waals surface area contributed by atoms with Gasteiger partial charge in [-0.1, -0.05) is 12.1 Å². The summed E-state index contributed by atoms with van der Waals surface area (Å²) in [5.74, 6) is -0.718. The Morgan fingerprint density at radius 2 is 1.85 bits per heavy atom. The number of rotatable bonds is 6. The molecular weight excluding hydrogens is 416 g/mol. The molecule has 142 valence electrons. The van der Waals surface area contributed by atoms with Gasteiger partial charge in [-0.05, 0) is 23.8 Å². The average molecular weight is 428 g/mol. The van der Waals surface area contributed by atoms with Crippen LogP contribution in [0.4, 0.5) is 5.13 Å². The van der Waals surface area contributed by atoms with Gasteiger partial charge in [0.05, 0.1) is 6.26 Å². The second kappa shape index (κ2) is 7.82. The lowest BCUT2D eigenvalue weighted by Gasteiger charge is -2.03. The molecule has 0 aliphatic rings. The summed E-state index contributed by atoms with van der Waals surface area (Å²) in [6.07, 6.45) is 3.10. The molecule has 1 aromatic carbocycles. The van der Waals surface area contributed by atoms with E-state index in [4.69, 9.17) is 5.26 Å². The number of carbonyl (C=O) groups is 1. The van der Waals surface area contributed by atoms with Gasteiger partial charge in [-0.3, -0.25) is 10.1 Å². The van der Waals surface area contributed by atoms with Gasteiger partial charge in [-0.25, -0.2) is 8.42 Å². The van der Waals surface area contributed by atoms with E-state index in [1.54, 1.807) is 6.07 Å². The Kier molecular flexibility index (Phi) is 5.94. The monoisotopic (exact) mass is 428 g/mol. The van der Waals surface area contributed by atoms with Crippen LogP contribution in [0.3, 0.4) is 0 Å². The zero-order chi connectivity index (χ0) is 20.2. The molecular formula is C14H12N4O6S3. The molecule has 10 nitrogen and oxygen atoms in total. The highest BCUT2D eigenvalue weighted by molar-refractivity contribution is 7.90. The molecule has 0 spiro atoms. The zero-order valence-electron chi connectivity index (χ0n) is 13.9. The van der Waals surface area contributed by atoms with Gasteiger partial charge < -0.3 is 4.18 Å². The molecule has 1 amide bonds. The molecule has 0 fully saturated rings. The van der Waals surface area contributed by atoms with Crippen molar-refractivity contribution in [3.8, 4) is 11.8 Å². The van der Waals surface area contributed by atoms with Crippen LogP contribution < -0.4 is 9.50 Å². The molecule has 0 saturated heterocycles. The fraction of sp³-hybridized carbons (Fsp3) is 0.143. The Hall–Kier alpha value is -2.82. The minimum absolute atomic E-state index is 0.0709. The molecule has 0 radical (unpaired) electrons. The Morgan fingerprint density at radius 3 is 2.33 bits per heavy atom. The summed E-state index contributed by atoms with van der Waals surface area (Å²) in [7, 11) is -7.27.